The van der Waals surface area contributed by atoms with Gasteiger partial charge in [-0.2, -0.15) is 0 Å². The van der Waals surface area contributed by atoms with Crippen LogP contribution in [0.1, 0.15) is 80.6 Å². The lowest BCUT2D eigenvalue weighted by molar-refractivity contribution is 0.438. The molecule has 0 N–H and O–H groups in total. The van der Waals surface area contributed by atoms with Crippen molar-refractivity contribution in [3.8, 4) is 0 Å². The van der Waals surface area contributed by atoms with Crippen molar-refractivity contribution in [2.45, 2.75) is 80.6 Å². The van der Waals surface area contributed by atoms with Gasteiger partial charge in [0.2, 0.25) is 0 Å². The van der Waals surface area contributed by atoms with E-state index < -0.39 is 0 Å². The van der Waals surface area contributed by atoms with E-state index in [2.05, 4.69) is 67.2 Å². The third-order valence-corrected chi connectivity index (χ3v) is 3.19. The molecule has 0 heterocycles. The Morgan fingerprint density at radius 1 is 0.944 bits per heavy atom. The zero-order valence-corrected chi connectivity index (χ0v) is 14.7. The van der Waals surface area contributed by atoms with Crippen LogP contribution in [-0.4, -0.2) is 0 Å². The largest absolute Gasteiger partial charge is 0.148 e. The van der Waals surface area contributed by atoms with Gasteiger partial charge >= 0.3 is 0 Å². The Hall–Kier alpha value is 0.0900. The number of hydrogen-bond donors (Lipinski definition) is 1. The Morgan fingerprint density at radius 2 is 1.44 bits per heavy atom. The summed E-state index contributed by atoms with van der Waals surface area (Å²) in [7, 11) is 0. The van der Waals surface area contributed by atoms with E-state index in [9.17, 15) is 0 Å². The Morgan fingerprint density at radius 3 is 1.83 bits per heavy atom. The molecular weight excluding hydrogens is 236 g/mol. The van der Waals surface area contributed by atoms with E-state index in [0.29, 0.717) is 0 Å². The van der Waals surface area contributed by atoms with Crippen molar-refractivity contribution in [1.29, 1.82) is 0 Å². The first-order valence-corrected chi connectivity index (χ1v) is 8.08. The average molecular weight is 273 g/mol. The lowest BCUT2D eigenvalue weighted by Gasteiger charge is -2.11. The minimum Gasteiger partial charge on any atom is -0.148 e. The van der Waals surface area contributed by atoms with Crippen LogP contribution >= 0.6 is 12.6 Å². The van der Waals surface area contributed by atoms with Crippen LogP contribution in [0.15, 0.2) is 11.0 Å². The van der Waals surface area contributed by atoms with E-state index in [-0.39, 0.29) is 0 Å². The van der Waals surface area contributed by atoms with Gasteiger partial charge in [0.05, 0.1) is 0 Å². The molecule has 110 valence electrons. The molecule has 0 spiro atoms. The molecule has 1 atom stereocenters. The number of rotatable bonds is 7. The molecule has 1 heteroatoms. The van der Waals surface area contributed by atoms with E-state index in [0.717, 1.165) is 24.2 Å². The summed E-state index contributed by atoms with van der Waals surface area (Å²) >= 11 is 4.39. The van der Waals surface area contributed by atoms with Crippen LogP contribution in [0.3, 0.4) is 0 Å². The first kappa shape index (κ1) is 20.4. The molecule has 0 fully saturated rings. The fraction of sp³-hybridized carbons (Fsp3) is 0.882. The molecular formula is C17H36S. The third-order valence-electron chi connectivity index (χ3n) is 2.70. The van der Waals surface area contributed by atoms with Crippen molar-refractivity contribution in [2.75, 3.05) is 0 Å². The molecule has 0 aliphatic heterocycles. The van der Waals surface area contributed by atoms with Gasteiger partial charge in [0, 0.05) is 0 Å². The van der Waals surface area contributed by atoms with Gasteiger partial charge in [-0.15, -0.1) is 12.6 Å². The highest BCUT2D eigenvalue weighted by Crippen LogP contribution is 2.20. The summed E-state index contributed by atoms with van der Waals surface area (Å²) in [6, 6.07) is 0. The first-order valence-electron chi connectivity index (χ1n) is 7.63. The van der Waals surface area contributed by atoms with Gasteiger partial charge in [0.1, 0.15) is 0 Å². The Kier molecular flexibility index (Phi) is 15.3. The van der Waals surface area contributed by atoms with Gasteiger partial charge in [-0.1, -0.05) is 66.9 Å². The van der Waals surface area contributed by atoms with Gasteiger partial charge in [-0.05, 0) is 42.4 Å². The minimum absolute atomic E-state index is 0.833. The Labute approximate surface area is 122 Å². The van der Waals surface area contributed by atoms with E-state index in [1.54, 1.807) is 0 Å². The van der Waals surface area contributed by atoms with Crippen molar-refractivity contribution in [3.63, 3.8) is 0 Å². The van der Waals surface area contributed by atoms with Crippen LogP contribution in [-0.2, 0) is 0 Å². The number of allylic oxidation sites excluding steroid dienone is 2. The summed E-state index contributed by atoms with van der Waals surface area (Å²) in [5.41, 5.74) is 0. The maximum Gasteiger partial charge on any atom is -0.0222 e. The fourth-order valence-electron chi connectivity index (χ4n) is 1.56. The molecule has 0 rings (SSSR count). The molecule has 0 saturated carbocycles. The second-order valence-corrected chi connectivity index (χ2v) is 7.06. The lowest BCUT2D eigenvalue weighted by Crippen LogP contribution is -1.96. The van der Waals surface area contributed by atoms with Crippen LogP contribution in [0, 0.1) is 17.8 Å². The highest BCUT2D eigenvalue weighted by atomic mass is 32.1. The van der Waals surface area contributed by atoms with E-state index in [1.165, 1.54) is 30.6 Å². The minimum atomic E-state index is 0.833. The predicted molar refractivity (Wildman–Crippen MR) is 90.3 cm³/mol. The molecule has 0 bridgehead atoms. The maximum absolute atomic E-state index is 4.39. The zero-order valence-electron chi connectivity index (χ0n) is 13.8. The SMILES string of the molecule is C/C=C(\S)CCC(C)CCCC(C)C.CC(C)C. The smallest absolute Gasteiger partial charge is 0.0222 e. The molecule has 0 nitrogen and oxygen atoms in total. The molecule has 1 unspecified atom stereocenters. The van der Waals surface area contributed by atoms with Crippen LogP contribution in [0.4, 0.5) is 0 Å². The summed E-state index contributed by atoms with van der Waals surface area (Å²) in [6.45, 7) is 15.5. The summed E-state index contributed by atoms with van der Waals surface area (Å²) in [5, 5.41) is 0. The fourth-order valence-corrected chi connectivity index (χ4v) is 1.69. The van der Waals surface area contributed by atoms with Crippen molar-refractivity contribution in [3.05, 3.63) is 11.0 Å². The summed E-state index contributed by atoms with van der Waals surface area (Å²) in [5.74, 6) is 2.55. The third kappa shape index (κ3) is 21.4. The van der Waals surface area contributed by atoms with Crippen LogP contribution in [0.5, 0.6) is 0 Å². The van der Waals surface area contributed by atoms with Gasteiger partial charge < -0.3 is 0 Å². The number of thiol groups is 1. The molecule has 18 heavy (non-hydrogen) atoms. The molecule has 0 radical (unpaired) electrons. The van der Waals surface area contributed by atoms with Crippen molar-refractivity contribution < 1.29 is 0 Å². The van der Waals surface area contributed by atoms with Gasteiger partial charge in [-0.25, -0.2) is 0 Å². The van der Waals surface area contributed by atoms with Gasteiger partial charge in [-0.3, -0.25) is 0 Å². The standard InChI is InChI=1S/C13H26S.C4H10/c1-5-13(14)10-9-12(4)8-6-7-11(2)3;1-4(2)3/h5,11-12,14H,6-10H2,1-4H3;4H,1-3H3/b13-5-;. The van der Waals surface area contributed by atoms with E-state index in [4.69, 9.17) is 0 Å². The maximum atomic E-state index is 4.39. The predicted octanol–water partition coefficient (Wildman–Crippen LogP) is 6.72. The monoisotopic (exact) mass is 272 g/mol. The summed E-state index contributed by atoms with van der Waals surface area (Å²) in [4.78, 5) is 1.24. The second-order valence-electron chi connectivity index (χ2n) is 6.48. The highest BCUT2D eigenvalue weighted by Gasteiger charge is 2.03. The molecule has 0 aliphatic carbocycles. The highest BCUT2D eigenvalue weighted by molar-refractivity contribution is 7.84. The molecule has 0 aromatic rings. The van der Waals surface area contributed by atoms with E-state index >= 15 is 0 Å². The van der Waals surface area contributed by atoms with Crippen LogP contribution in [0.2, 0.25) is 0 Å². The summed E-state index contributed by atoms with van der Waals surface area (Å²) < 4.78 is 0. The lowest BCUT2D eigenvalue weighted by atomic mass is 9.96. The first-order chi connectivity index (χ1) is 8.29. The van der Waals surface area contributed by atoms with Gasteiger partial charge in [0.15, 0.2) is 0 Å². The van der Waals surface area contributed by atoms with Crippen molar-refractivity contribution in [1.82, 2.24) is 0 Å². The van der Waals surface area contributed by atoms with Gasteiger partial charge in [0.25, 0.3) is 0 Å². The van der Waals surface area contributed by atoms with E-state index in [1.807, 2.05) is 0 Å². The molecule has 0 aromatic heterocycles. The quantitative estimate of drug-likeness (QED) is 0.488. The topological polar surface area (TPSA) is 0 Å². The Bertz CT molecular complexity index is 189. The average Bonchev–Trinajstić information content (AvgIpc) is 2.24. The Balaban J connectivity index is 0. The second kappa shape index (κ2) is 13.5. The van der Waals surface area contributed by atoms with Crippen molar-refractivity contribution in [2.24, 2.45) is 17.8 Å². The summed E-state index contributed by atoms with van der Waals surface area (Å²) in [6.07, 6.45) is 8.69. The molecule has 0 amide bonds. The molecule has 0 saturated heterocycles. The van der Waals surface area contributed by atoms with Crippen molar-refractivity contribution >= 4 is 12.6 Å². The van der Waals surface area contributed by atoms with Crippen LogP contribution in [0.25, 0.3) is 0 Å². The molecule has 0 aliphatic rings. The molecule has 0 aromatic carbocycles. The normalized spacial score (nSPS) is 13.6. The number of hydrogen-bond acceptors (Lipinski definition) is 1. The van der Waals surface area contributed by atoms with Crippen LogP contribution < -0.4 is 0 Å². The zero-order chi connectivity index (χ0) is 14.6.